The lowest BCUT2D eigenvalue weighted by molar-refractivity contribution is -0.117. The maximum absolute atomic E-state index is 12.7. The van der Waals surface area contributed by atoms with Crippen LogP contribution >= 0.6 is 0 Å². The van der Waals surface area contributed by atoms with E-state index >= 15 is 0 Å². The highest BCUT2D eigenvalue weighted by molar-refractivity contribution is 5.96. The number of urea groups is 1. The number of carbonyl (C=O) groups is 2. The third-order valence-electron chi connectivity index (χ3n) is 5.80. The summed E-state index contributed by atoms with van der Waals surface area (Å²) >= 11 is 0. The van der Waals surface area contributed by atoms with Crippen molar-refractivity contribution in [3.8, 4) is 5.75 Å². The average Bonchev–Trinajstić information content (AvgIpc) is 3.14. The molecule has 1 N–H and O–H groups in total. The van der Waals surface area contributed by atoms with Gasteiger partial charge in [-0.2, -0.15) is 0 Å². The number of hydrogen-bond donors (Lipinski definition) is 1. The first kappa shape index (κ1) is 20.1. The van der Waals surface area contributed by atoms with Crippen LogP contribution in [0, 0.1) is 6.92 Å². The van der Waals surface area contributed by atoms with E-state index in [-0.39, 0.29) is 18.0 Å². The highest BCUT2D eigenvalue weighted by Gasteiger charge is 2.33. The Labute approximate surface area is 177 Å². The summed E-state index contributed by atoms with van der Waals surface area (Å²) in [6, 6.07) is 15.6. The Bertz CT molecular complexity index is 890. The zero-order valence-electron chi connectivity index (χ0n) is 17.5. The summed E-state index contributed by atoms with van der Waals surface area (Å²) in [7, 11) is 1.66. The normalized spacial score (nSPS) is 19.2. The Hall–Kier alpha value is -3.22. The number of ether oxygens (including phenoxy) is 1. The number of hydrogen-bond acceptors (Lipinski definition) is 4. The molecule has 0 unspecified atom stereocenters. The van der Waals surface area contributed by atoms with Crippen LogP contribution in [0.4, 0.5) is 16.2 Å². The molecule has 7 heteroatoms. The third-order valence-corrected chi connectivity index (χ3v) is 5.80. The van der Waals surface area contributed by atoms with Crippen molar-refractivity contribution < 1.29 is 14.3 Å². The van der Waals surface area contributed by atoms with Crippen molar-refractivity contribution >= 4 is 23.3 Å². The van der Waals surface area contributed by atoms with Gasteiger partial charge in [-0.25, -0.2) is 4.79 Å². The molecule has 30 heavy (non-hydrogen) atoms. The van der Waals surface area contributed by atoms with Gasteiger partial charge in [-0.15, -0.1) is 0 Å². The lowest BCUT2D eigenvalue weighted by Gasteiger charge is -2.36. The zero-order valence-corrected chi connectivity index (χ0v) is 17.5. The van der Waals surface area contributed by atoms with Crippen molar-refractivity contribution in [2.45, 2.75) is 19.4 Å². The fourth-order valence-electron chi connectivity index (χ4n) is 4.01. The fourth-order valence-corrected chi connectivity index (χ4v) is 4.01. The Kier molecular flexibility index (Phi) is 5.79. The standard InChI is InChI=1S/C23H28N4O3/c1-17-3-5-20(6-4-17)27-16-18(15-22(27)28)24-23(29)26-13-11-25(12-14-26)19-7-9-21(30-2)10-8-19/h3-10,18H,11-16H2,1-2H3,(H,24,29)/t18-/m0/s1. The minimum Gasteiger partial charge on any atom is -0.497 e. The monoisotopic (exact) mass is 408 g/mol. The lowest BCUT2D eigenvalue weighted by atomic mass is 10.2. The molecule has 2 aliphatic rings. The quantitative estimate of drug-likeness (QED) is 0.845. The molecule has 0 bridgehead atoms. The minimum absolute atomic E-state index is 0.0495. The van der Waals surface area contributed by atoms with Gasteiger partial charge in [0.15, 0.2) is 0 Å². The molecule has 0 aliphatic carbocycles. The molecule has 7 nitrogen and oxygen atoms in total. The maximum Gasteiger partial charge on any atom is 0.317 e. The number of anilines is 2. The third kappa shape index (κ3) is 4.35. The largest absolute Gasteiger partial charge is 0.497 e. The molecule has 4 rings (SSSR count). The second kappa shape index (κ2) is 8.65. The van der Waals surface area contributed by atoms with Gasteiger partial charge in [0.25, 0.3) is 0 Å². The number of rotatable bonds is 4. The van der Waals surface area contributed by atoms with Crippen molar-refractivity contribution in [3.05, 3.63) is 54.1 Å². The number of nitrogens with one attached hydrogen (secondary N) is 1. The molecule has 158 valence electrons. The first-order chi connectivity index (χ1) is 14.5. The number of nitrogens with zero attached hydrogens (tertiary/aromatic N) is 3. The molecular weight excluding hydrogens is 380 g/mol. The van der Waals surface area contributed by atoms with E-state index in [4.69, 9.17) is 4.74 Å². The van der Waals surface area contributed by atoms with Crippen LogP contribution in [-0.2, 0) is 4.79 Å². The molecule has 0 radical (unpaired) electrons. The Morgan fingerprint density at radius 2 is 1.60 bits per heavy atom. The van der Waals surface area contributed by atoms with Crippen molar-refractivity contribution in [3.63, 3.8) is 0 Å². The second-order valence-electron chi connectivity index (χ2n) is 7.86. The van der Waals surface area contributed by atoms with Crippen molar-refractivity contribution in [2.24, 2.45) is 0 Å². The van der Waals surface area contributed by atoms with Crippen LogP contribution in [0.15, 0.2) is 48.5 Å². The number of carbonyl (C=O) groups excluding carboxylic acids is 2. The van der Waals surface area contributed by atoms with Gasteiger partial charge in [0.05, 0.1) is 13.2 Å². The smallest absolute Gasteiger partial charge is 0.317 e. The van der Waals surface area contributed by atoms with Gasteiger partial charge in [-0.05, 0) is 43.3 Å². The van der Waals surface area contributed by atoms with E-state index in [9.17, 15) is 9.59 Å². The number of aryl methyl sites for hydroxylation is 1. The van der Waals surface area contributed by atoms with Crippen molar-refractivity contribution in [1.82, 2.24) is 10.2 Å². The summed E-state index contributed by atoms with van der Waals surface area (Å²) in [6.07, 6.45) is 0.339. The molecule has 2 aromatic carbocycles. The van der Waals surface area contributed by atoms with E-state index in [1.807, 2.05) is 60.4 Å². The topological polar surface area (TPSA) is 65.1 Å². The number of benzene rings is 2. The van der Waals surface area contributed by atoms with E-state index in [2.05, 4.69) is 10.2 Å². The Morgan fingerprint density at radius 3 is 2.23 bits per heavy atom. The van der Waals surface area contributed by atoms with Gasteiger partial charge in [0.1, 0.15) is 5.75 Å². The van der Waals surface area contributed by atoms with Gasteiger partial charge in [-0.3, -0.25) is 4.79 Å². The van der Waals surface area contributed by atoms with Crippen LogP contribution in [0.3, 0.4) is 0 Å². The van der Waals surface area contributed by atoms with E-state index in [0.29, 0.717) is 26.1 Å². The number of amides is 3. The summed E-state index contributed by atoms with van der Waals surface area (Å²) in [4.78, 5) is 31.0. The highest BCUT2D eigenvalue weighted by Crippen LogP contribution is 2.23. The maximum atomic E-state index is 12.7. The first-order valence-electron chi connectivity index (χ1n) is 10.3. The van der Waals surface area contributed by atoms with Gasteiger partial charge < -0.3 is 24.8 Å². The SMILES string of the molecule is COc1ccc(N2CCN(C(=O)N[C@H]3CC(=O)N(c4ccc(C)cc4)C3)CC2)cc1. The second-order valence-corrected chi connectivity index (χ2v) is 7.86. The number of methoxy groups -OCH3 is 1. The van der Waals surface area contributed by atoms with Gasteiger partial charge in [0.2, 0.25) is 5.91 Å². The number of piperazine rings is 1. The molecule has 2 aromatic rings. The molecule has 3 amide bonds. The molecule has 1 atom stereocenters. The molecule has 2 heterocycles. The molecule has 0 spiro atoms. The summed E-state index contributed by atoms with van der Waals surface area (Å²) in [6.45, 7) is 5.39. The lowest BCUT2D eigenvalue weighted by Crippen LogP contribution is -2.53. The summed E-state index contributed by atoms with van der Waals surface area (Å²) in [5.41, 5.74) is 3.17. The van der Waals surface area contributed by atoms with Crippen LogP contribution in [0.5, 0.6) is 5.75 Å². The predicted octanol–water partition coefficient (Wildman–Crippen LogP) is 2.64. The molecule has 0 aromatic heterocycles. The van der Waals surface area contributed by atoms with Gasteiger partial charge >= 0.3 is 6.03 Å². The minimum atomic E-state index is -0.161. The van der Waals surface area contributed by atoms with Crippen molar-refractivity contribution in [1.29, 1.82) is 0 Å². The van der Waals surface area contributed by atoms with Crippen LogP contribution in [0.25, 0.3) is 0 Å². The molecule has 2 aliphatic heterocycles. The Morgan fingerprint density at radius 1 is 0.967 bits per heavy atom. The first-order valence-corrected chi connectivity index (χ1v) is 10.3. The molecule has 2 fully saturated rings. The van der Waals surface area contributed by atoms with E-state index in [1.165, 1.54) is 0 Å². The van der Waals surface area contributed by atoms with E-state index < -0.39 is 0 Å². The molecular formula is C23H28N4O3. The summed E-state index contributed by atoms with van der Waals surface area (Å²) in [5, 5.41) is 3.05. The van der Waals surface area contributed by atoms with E-state index in [0.717, 1.165) is 35.8 Å². The van der Waals surface area contributed by atoms with Crippen molar-refractivity contribution in [2.75, 3.05) is 49.6 Å². The predicted molar refractivity (Wildman–Crippen MR) is 117 cm³/mol. The average molecular weight is 409 g/mol. The summed E-state index contributed by atoms with van der Waals surface area (Å²) in [5.74, 6) is 0.885. The highest BCUT2D eigenvalue weighted by atomic mass is 16.5. The Balaban J connectivity index is 1.28. The van der Waals surface area contributed by atoms with Gasteiger partial charge in [-0.1, -0.05) is 17.7 Å². The molecule has 0 saturated carbocycles. The van der Waals surface area contributed by atoms with Crippen LogP contribution in [0.2, 0.25) is 0 Å². The molecule has 2 saturated heterocycles. The zero-order chi connectivity index (χ0) is 21.1. The summed E-state index contributed by atoms with van der Waals surface area (Å²) < 4.78 is 5.21. The van der Waals surface area contributed by atoms with Crippen LogP contribution in [0.1, 0.15) is 12.0 Å². The van der Waals surface area contributed by atoms with E-state index in [1.54, 1.807) is 12.0 Å². The van der Waals surface area contributed by atoms with Crippen LogP contribution in [-0.4, -0.2) is 62.7 Å². The van der Waals surface area contributed by atoms with Gasteiger partial charge in [0, 0.05) is 50.5 Å². The van der Waals surface area contributed by atoms with Crippen LogP contribution < -0.4 is 19.9 Å². The fraction of sp³-hybridized carbons (Fsp3) is 0.391.